The highest BCUT2D eigenvalue weighted by atomic mass is 32.2. The van der Waals surface area contributed by atoms with Crippen LogP contribution in [0.3, 0.4) is 0 Å². The highest BCUT2D eigenvalue weighted by Crippen LogP contribution is 2.31. The number of benzene rings is 1. The first-order chi connectivity index (χ1) is 11.1. The first-order valence-electron chi connectivity index (χ1n) is 7.01. The molecule has 6 nitrogen and oxygen atoms in total. The first-order valence-corrected chi connectivity index (χ1v) is 8.81. The Morgan fingerprint density at radius 3 is 2.87 bits per heavy atom. The van der Waals surface area contributed by atoms with Crippen molar-refractivity contribution < 1.29 is 14.3 Å². The maximum atomic E-state index is 11.5. The molecule has 0 radical (unpaired) electrons. The molecule has 0 saturated carbocycles. The number of aromatic nitrogens is 2. The molecule has 0 saturated heterocycles. The molecule has 2 rings (SSSR count). The van der Waals surface area contributed by atoms with Crippen LogP contribution in [0, 0.1) is 0 Å². The zero-order valence-electron chi connectivity index (χ0n) is 13.3. The Labute approximate surface area is 143 Å². The van der Waals surface area contributed by atoms with Crippen molar-refractivity contribution in [2.75, 3.05) is 32.7 Å². The normalized spacial score (nSPS) is 10.6. The van der Waals surface area contributed by atoms with E-state index in [1.807, 2.05) is 12.1 Å². The molecule has 1 heterocycles. The van der Waals surface area contributed by atoms with Crippen molar-refractivity contribution in [1.29, 1.82) is 0 Å². The molecule has 0 bridgehead atoms. The van der Waals surface area contributed by atoms with Crippen LogP contribution in [0.1, 0.15) is 22.8 Å². The van der Waals surface area contributed by atoms with Crippen molar-refractivity contribution in [1.82, 2.24) is 10.2 Å². The van der Waals surface area contributed by atoms with E-state index in [1.165, 1.54) is 11.3 Å². The van der Waals surface area contributed by atoms with Crippen molar-refractivity contribution in [2.45, 2.75) is 17.0 Å². The van der Waals surface area contributed by atoms with Gasteiger partial charge < -0.3 is 14.8 Å². The van der Waals surface area contributed by atoms with Gasteiger partial charge in [-0.3, -0.25) is 4.79 Å². The molecule has 0 unspecified atom stereocenters. The average Bonchev–Trinajstić information content (AvgIpc) is 3.00. The molecule has 0 amide bonds. The number of thioether (sulfide) groups is 1. The predicted molar refractivity (Wildman–Crippen MR) is 92.8 cm³/mol. The van der Waals surface area contributed by atoms with Crippen LogP contribution in [0.5, 0.6) is 5.75 Å². The maximum absolute atomic E-state index is 11.5. The Balaban J connectivity index is 2.00. The highest BCUT2D eigenvalue weighted by molar-refractivity contribution is 8.00. The summed E-state index contributed by atoms with van der Waals surface area (Å²) < 4.78 is 11.2. The van der Waals surface area contributed by atoms with Gasteiger partial charge in [0.15, 0.2) is 10.1 Å². The van der Waals surface area contributed by atoms with Gasteiger partial charge >= 0.3 is 0 Å². The number of methoxy groups -OCH3 is 2. The van der Waals surface area contributed by atoms with E-state index < -0.39 is 0 Å². The summed E-state index contributed by atoms with van der Waals surface area (Å²) >= 11 is 3.06. The summed E-state index contributed by atoms with van der Waals surface area (Å²) in [7, 11) is 3.28. The molecule has 23 heavy (non-hydrogen) atoms. The third kappa shape index (κ3) is 5.19. The zero-order valence-corrected chi connectivity index (χ0v) is 14.9. The summed E-state index contributed by atoms with van der Waals surface area (Å²) in [6.45, 7) is 2.88. The van der Waals surface area contributed by atoms with Crippen LogP contribution in [0.15, 0.2) is 22.5 Å². The molecule has 0 atom stereocenters. The fourth-order valence-electron chi connectivity index (χ4n) is 1.85. The third-order valence-electron chi connectivity index (χ3n) is 3.03. The van der Waals surface area contributed by atoms with Crippen molar-refractivity contribution in [3.8, 4) is 5.75 Å². The summed E-state index contributed by atoms with van der Waals surface area (Å²) in [5.74, 6) is 1.47. The standard InChI is InChI=1S/C15H19N3O3S2/c1-10(19)11-4-5-13(21-3)12(8-11)9-22-15-18-17-14(23-15)16-6-7-20-2/h4-5,8H,6-7,9H2,1-3H3,(H,16,17). The topological polar surface area (TPSA) is 73.3 Å². The number of Topliss-reactive ketones (excluding diaryl/α,β-unsaturated/α-hetero) is 1. The number of nitrogens with one attached hydrogen (secondary N) is 1. The molecule has 0 spiro atoms. The maximum Gasteiger partial charge on any atom is 0.206 e. The van der Waals surface area contributed by atoms with Gasteiger partial charge in [0.05, 0.1) is 13.7 Å². The summed E-state index contributed by atoms with van der Waals surface area (Å²) in [4.78, 5) is 11.5. The lowest BCUT2D eigenvalue weighted by molar-refractivity contribution is 0.101. The second kappa shape index (κ2) is 8.85. The molecule has 1 aromatic heterocycles. The molecule has 0 aliphatic carbocycles. The minimum Gasteiger partial charge on any atom is -0.496 e. The van der Waals surface area contributed by atoms with E-state index in [2.05, 4.69) is 15.5 Å². The quantitative estimate of drug-likeness (QED) is 0.422. The number of nitrogens with zero attached hydrogens (tertiary/aromatic N) is 2. The Kier molecular flexibility index (Phi) is 6.82. The number of hydrogen-bond donors (Lipinski definition) is 1. The Hall–Kier alpha value is -1.64. The molecule has 1 N–H and O–H groups in total. The van der Waals surface area contributed by atoms with Crippen molar-refractivity contribution >= 4 is 34.0 Å². The van der Waals surface area contributed by atoms with E-state index in [0.717, 1.165) is 20.8 Å². The van der Waals surface area contributed by atoms with Gasteiger partial charge in [0.1, 0.15) is 5.75 Å². The monoisotopic (exact) mass is 353 g/mol. The smallest absolute Gasteiger partial charge is 0.206 e. The molecule has 0 fully saturated rings. The molecule has 2 aromatic rings. The van der Waals surface area contributed by atoms with Crippen molar-refractivity contribution in [2.24, 2.45) is 0 Å². The number of hydrogen-bond acceptors (Lipinski definition) is 8. The molecule has 0 aliphatic heterocycles. The lowest BCUT2D eigenvalue weighted by Gasteiger charge is -2.08. The van der Waals surface area contributed by atoms with Gasteiger partial charge in [-0.25, -0.2) is 0 Å². The number of rotatable bonds is 9. The molecule has 1 aromatic carbocycles. The van der Waals surface area contributed by atoms with Crippen LogP contribution < -0.4 is 10.1 Å². The minimum atomic E-state index is 0.0412. The van der Waals surface area contributed by atoms with Gasteiger partial charge in [0.2, 0.25) is 5.13 Å². The first kappa shape index (κ1) is 17.7. The molecule has 8 heteroatoms. The molecular weight excluding hydrogens is 334 g/mol. The van der Waals surface area contributed by atoms with Crippen LogP contribution in [-0.4, -0.2) is 43.4 Å². The number of carbonyl (C=O) groups is 1. The summed E-state index contributed by atoms with van der Waals surface area (Å²) in [6, 6.07) is 5.47. The van der Waals surface area contributed by atoms with E-state index in [1.54, 1.807) is 39.0 Å². The fourth-order valence-corrected chi connectivity index (χ4v) is 3.60. The number of anilines is 1. The summed E-state index contributed by atoms with van der Waals surface area (Å²) in [5.41, 5.74) is 1.65. The Morgan fingerprint density at radius 1 is 1.35 bits per heavy atom. The number of ether oxygens (including phenoxy) is 2. The second-order valence-corrected chi connectivity index (χ2v) is 6.86. The zero-order chi connectivity index (χ0) is 16.7. The lowest BCUT2D eigenvalue weighted by atomic mass is 10.1. The van der Waals surface area contributed by atoms with Crippen LogP contribution in [0.4, 0.5) is 5.13 Å². The lowest BCUT2D eigenvalue weighted by Crippen LogP contribution is -2.06. The highest BCUT2D eigenvalue weighted by Gasteiger charge is 2.10. The molecular formula is C15H19N3O3S2. The van der Waals surface area contributed by atoms with Gasteiger partial charge in [0, 0.05) is 30.5 Å². The average molecular weight is 353 g/mol. The largest absolute Gasteiger partial charge is 0.496 e. The van der Waals surface area contributed by atoms with Crippen LogP contribution in [-0.2, 0) is 10.5 Å². The fraction of sp³-hybridized carbons (Fsp3) is 0.400. The summed E-state index contributed by atoms with van der Waals surface area (Å²) in [6.07, 6.45) is 0. The van der Waals surface area contributed by atoms with E-state index >= 15 is 0 Å². The van der Waals surface area contributed by atoms with Crippen LogP contribution in [0.25, 0.3) is 0 Å². The van der Waals surface area contributed by atoms with Gasteiger partial charge in [-0.05, 0) is 25.1 Å². The Morgan fingerprint density at radius 2 is 2.17 bits per heavy atom. The Bertz CT molecular complexity index is 661. The van der Waals surface area contributed by atoms with Gasteiger partial charge in [-0.1, -0.05) is 23.1 Å². The van der Waals surface area contributed by atoms with E-state index in [4.69, 9.17) is 9.47 Å². The number of carbonyl (C=O) groups excluding carboxylic acids is 1. The second-order valence-electron chi connectivity index (χ2n) is 4.66. The van der Waals surface area contributed by atoms with Crippen molar-refractivity contribution in [3.63, 3.8) is 0 Å². The van der Waals surface area contributed by atoms with Crippen molar-refractivity contribution in [3.05, 3.63) is 29.3 Å². The van der Waals surface area contributed by atoms with Gasteiger partial charge in [-0.15, -0.1) is 10.2 Å². The SMILES string of the molecule is COCCNc1nnc(SCc2cc(C(C)=O)ccc2OC)s1. The number of ketones is 1. The van der Waals surface area contributed by atoms with E-state index in [0.29, 0.717) is 24.5 Å². The predicted octanol–water partition coefficient (Wildman–Crippen LogP) is 3.10. The summed E-state index contributed by atoms with van der Waals surface area (Å²) in [5, 5.41) is 12.1. The molecule has 124 valence electrons. The van der Waals surface area contributed by atoms with E-state index in [9.17, 15) is 4.79 Å². The minimum absolute atomic E-state index is 0.0412. The molecule has 0 aliphatic rings. The van der Waals surface area contributed by atoms with E-state index in [-0.39, 0.29) is 5.78 Å². The van der Waals surface area contributed by atoms with Gasteiger partial charge in [0.25, 0.3) is 0 Å². The van der Waals surface area contributed by atoms with Crippen LogP contribution >= 0.6 is 23.1 Å². The third-order valence-corrected chi connectivity index (χ3v) is 5.09. The van der Waals surface area contributed by atoms with Gasteiger partial charge in [-0.2, -0.15) is 0 Å². The van der Waals surface area contributed by atoms with Crippen LogP contribution in [0.2, 0.25) is 0 Å².